The molecule has 0 aromatic heterocycles. The third-order valence-corrected chi connectivity index (χ3v) is 10.9. The van der Waals surface area contributed by atoms with Crippen molar-refractivity contribution in [1.82, 2.24) is 4.90 Å². The molecule has 4 aromatic carbocycles. The number of carbonyl (C=O) groups excluding carboxylic acids is 2. The normalized spacial score (nSPS) is 13.9. The van der Waals surface area contributed by atoms with E-state index >= 15 is 0 Å². The first-order valence-corrected chi connectivity index (χ1v) is 13.7. The monoisotopic (exact) mass is 479 g/mol. The van der Waals surface area contributed by atoms with Crippen molar-refractivity contribution >= 4 is 48.9 Å². The Labute approximate surface area is 202 Å². The number of hydrogen-bond donors (Lipinski definition) is 0. The van der Waals surface area contributed by atoms with Crippen LogP contribution >= 0.6 is 15.8 Å². The van der Waals surface area contributed by atoms with Crippen molar-refractivity contribution < 1.29 is 9.59 Å². The Bertz CT molecular complexity index is 1160. The van der Waals surface area contributed by atoms with E-state index in [-0.39, 0.29) is 11.8 Å². The second kappa shape index (κ2) is 9.85. The second-order valence-electron chi connectivity index (χ2n) is 7.88. The summed E-state index contributed by atoms with van der Waals surface area (Å²) in [7, 11) is -0.825. The molecule has 34 heavy (non-hydrogen) atoms. The molecule has 5 rings (SSSR count). The lowest BCUT2D eigenvalue weighted by atomic mass is 10.4. The van der Waals surface area contributed by atoms with Crippen LogP contribution in [-0.4, -0.2) is 23.8 Å². The summed E-state index contributed by atoms with van der Waals surface area (Å²) in [5, 5.41) is 5.51. The lowest BCUT2D eigenvalue weighted by Gasteiger charge is -2.24. The smallest absolute Gasteiger partial charge is 0.262 e. The number of benzene rings is 4. The molecule has 0 fully saturated rings. The molecule has 0 aliphatic carbocycles. The number of amides is 2. The van der Waals surface area contributed by atoms with Crippen LogP contribution in [0, 0.1) is 0 Å². The van der Waals surface area contributed by atoms with Gasteiger partial charge in [0.2, 0.25) is 0 Å². The van der Waals surface area contributed by atoms with E-state index in [9.17, 15) is 9.59 Å². The Morgan fingerprint density at radius 1 is 0.441 bits per heavy atom. The summed E-state index contributed by atoms with van der Waals surface area (Å²) in [5.41, 5.74) is 0. The zero-order valence-electron chi connectivity index (χ0n) is 18.7. The molecule has 1 aliphatic heterocycles. The molecule has 0 N–H and O–H groups in total. The fourth-order valence-corrected chi connectivity index (χ4v) is 9.55. The predicted molar refractivity (Wildman–Crippen MR) is 143 cm³/mol. The molecule has 4 aromatic rings. The third-order valence-electron chi connectivity index (χ3n) is 5.74. The van der Waals surface area contributed by atoms with Gasteiger partial charge in [0.1, 0.15) is 0 Å². The molecular formula is C29H23NO2P2. The van der Waals surface area contributed by atoms with Crippen molar-refractivity contribution in [3.8, 4) is 0 Å². The Hall–Kier alpha value is -3.38. The van der Waals surface area contributed by atoms with Gasteiger partial charge in [-0.25, -0.2) is 0 Å². The van der Waals surface area contributed by atoms with Crippen LogP contribution in [0.15, 0.2) is 132 Å². The van der Waals surface area contributed by atoms with Gasteiger partial charge in [0.25, 0.3) is 11.8 Å². The average molecular weight is 479 g/mol. The van der Waals surface area contributed by atoms with E-state index in [1.807, 2.05) is 72.8 Å². The SMILES string of the molecule is CN1C(=O)C(P(c2ccccc2)c2ccccc2)=C(P(c2ccccc2)c2ccccc2)C1=O. The van der Waals surface area contributed by atoms with Gasteiger partial charge in [-0.05, 0) is 37.1 Å². The molecule has 0 saturated carbocycles. The number of nitrogens with zero attached hydrogens (tertiary/aromatic N) is 1. The molecule has 5 heteroatoms. The van der Waals surface area contributed by atoms with Crippen LogP contribution in [0.25, 0.3) is 0 Å². The lowest BCUT2D eigenvalue weighted by Crippen LogP contribution is -2.28. The largest absolute Gasteiger partial charge is 0.277 e. The van der Waals surface area contributed by atoms with Crippen molar-refractivity contribution in [2.75, 3.05) is 7.05 Å². The summed E-state index contributed by atoms with van der Waals surface area (Å²) in [4.78, 5) is 28.8. The van der Waals surface area contributed by atoms with Gasteiger partial charge >= 0.3 is 0 Å². The van der Waals surface area contributed by atoms with E-state index < -0.39 is 15.8 Å². The molecule has 0 bridgehead atoms. The van der Waals surface area contributed by atoms with E-state index in [1.165, 1.54) is 4.90 Å². The second-order valence-corrected chi connectivity index (χ2v) is 12.2. The van der Waals surface area contributed by atoms with Crippen molar-refractivity contribution in [3.63, 3.8) is 0 Å². The first-order chi connectivity index (χ1) is 16.7. The van der Waals surface area contributed by atoms with Gasteiger partial charge in [-0.1, -0.05) is 121 Å². The topological polar surface area (TPSA) is 37.4 Å². The van der Waals surface area contributed by atoms with Crippen molar-refractivity contribution in [2.45, 2.75) is 0 Å². The highest BCUT2D eigenvalue weighted by molar-refractivity contribution is 7.82. The van der Waals surface area contributed by atoms with Gasteiger partial charge in [0.05, 0.1) is 10.6 Å². The lowest BCUT2D eigenvalue weighted by molar-refractivity contribution is -0.135. The Morgan fingerprint density at radius 2 is 0.676 bits per heavy atom. The van der Waals surface area contributed by atoms with Gasteiger partial charge in [0, 0.05) is 7.05 Å². The first kappa shape index (κ1) is 22.4. The van der Waals surface area contributed by atoms with Crippen molar-refractivity contribution in [1.29, 1.82) is 0 Å². The highest BCUT2D eigenvalue weighted by atomic mass is 31.1. The molecular weight excluding hydrogens is 456 g/mol. The van der Waals surface area contributed by atoms with Gasteiger partial charge < -0.3 is 0 Å². The molecule has 0 atom stereocenters. The van der Waals surface area contributed by atoms with Crippen molar-refractivity contribution in [2.24, 2.45) is 0 Å². The molecule has 0 unspecified atom stereocenters. The zero-order valence-corrected chi connectivity index (χ0v) is 20.5. The standard InChI is InChI=1S/C29H23NO2P2/c1-30-28(31)26(33(22-14-6-2-7-15-22)23-16-8-3-9-17-23)27(29(30)32)34(24-18-10-4-11-19-24)25-20-12-5-13-21-25/h2-21H,1H3. The van der Waals surface area contributed by atoms with Crippen LogP contribution < -0.4 is 21.2 Å². The van der Waals surface area contributed by atoms with Crippen LogP contribution in [-0.2, 0) is 9.59 Å². The van der Waals surface area contributed by atoms with E-state index in [4.69, 9.17) is 0 Å². The van der Waals surface area contributed by atoms with E-state index in [2.05, 4.69) is 48.5 Å². The maximum Gasteiger partial charge on any atom is 0.262 e. The number of rotatable bonds is 6. The Balaban J connectivity index is 1.82. The number of carbonyl (C=O) groups is 2. The van der Waals surface area contributed by atoms with E-state index in [0.717, 1.165) is 21.2 Å². The minimum absolute atomic E-state index is 0.196. The maximum absolute atomic E-state index is 13.8. The first-order valence-electron chi connectivity index (χ1n) is 11.0. The van der Waals surface area contributed by atoms with Gasteiger partial charge in [-0.15, -0.1) is 0 Å². The summed E-state index contributed by atoms with van der Waals surface area (Å²) in [6, 6.07) is 40.4. The molecule has 166 valence electrons. The molecule has 1 aliphatic rings. The average Bonchev–Trinajstić information content (AvgIpc) is 3.11. The molecule has 2 amide bonds. The van der Waals surface area contributed by atoms with Gasteiger partial charge in [0.15, 0.2) is 0 Å². The highest BCUT2D eigenvalue weighted by Crippen LogP contribution is 2.57. The van der Waals surface area contributed by atoms with Crippen LogP contribution in [0.5, 0.6) is 0 Å². The molecule has 3 nitrogen and oxygen atoms in total. The summed E-state index contributed by atoms with van der Waals surface area (Å²) in [6.07, 6.45) is 0. The third kappa shape index (κ3) is 4.14. The maximum atomic E-state index is 13.8. The fourth-order valence-electron chi connectivity index (χ4n) is 4.14. The van der Waals surface area contributed by atoms with Gasteiger partial charge in [-0.2, -0.15) is 0 Å². The van der Waals surface area contributed by atoms with E-state index in [1.54, 1.807) is 7.05 Å². The molecule has 0 radical (unpaired) electrons. The summed E-state index contributed by atoms with van der Waals surface area (Å²) in [6.45, 7) is 0. The zero-order chi connectivity index (χ0) is 23.5. The summed E-state index contributed by atoms with van der Waals surface area (Å²) in [5.74, 6) is -0.392. The summed E-state index contributed by atoms with van der Waals surface area (Å²) >= 11 is 0. The number of hydrogen-bond acceptors (Lipinski definition) is 2. The Morgan fingerprint density at radius 3 is 0.912 bits per heavy atom. The van der Waals surface area contributed by atoms with Crippen LogP contribution in [0.1, 0.15) is 0 Å². The highest BCUT2D eigenvalue weighted by Gasteiger charge is 2.44. The van der Waals surface area contributed by atoms with Gasteiger partial charge in [-0.3, -0.25) is 14.5 Å². The number of imide groups is 1. The number of likely N-dealkylation sites (N-methyl/N-ethyl adjacent to an activating group) is 1. The molecule has 0 spiro atoms. The van der Waals surface area contributed by atoms with Crippen LogP contribution in [0.4, 0.5) is 0 Å². The molecule has 1 heterocycles. The predicted octanol–water partition coefficient (Wildman–Crippen LogP) is 4.46. The van der Waals surface area contributed by atoms with E-state index in [0.29, 0.717) is 10.6 Å². The Kier molecular flexibility index (Phi) is 6.50. The minimum atomic E-state index is -1.21. The quantitative estimate of drug-likeness (QED) is 0.303. The van der Waals surface area contributed by atoms with Crippen LogP contribution in [0.2, 0.25) is 0 Å². The summed E-state index contributed by atoms with van der Waals surface area (Å²) < 4.78 is 0. The van der Waals surface area contributed by atoms with Crippen LogP contribution in [0.3, 0.4) is 0 Å². The fraction of sp³-hybridized carbons (Fsp3) is 0.0345. The minimum Gasteiger partial charge on any atom is -0.277 e. The van der Waals surface area contributed by atoms with Crippen molar-refractivity contribution in [3.05, 3.63) is 132 Å². The molecule has 0 saturated heterocycles.